The molecule has 0 spiro atoms. The molecule has 5 nitrogen and oxygen atoms in total. The van der Waals surface area contributed by atoms with Gasteiger partial charge in [0.15, 0.2) is 5.82 Å². The summed E-state index contributed by atoms with van der Waals surface area (Å²) >= 11 is 9.46. The van der Waals surface area contributed by atoms with Gasteiger partial charge in [0.2, 0.25) is 5.95 Å². The van der Waals surface area contributed by atoms with Gasteiger partial charge in [-0.25, -0.2) is 0 Å². The van der Waals surface area contributed by atoms with E-state index >= 15 is 0 Å². The van der Waals surface area contributed by atoms with Gasteiger partial charge in [-0.15, -0.1) is 5.10 Å². The molecule has 0 aliphatic heterocycles. The maximum absolute atomic E-state index is 6.03. The molecule has 0 fully saturated rings. The molecular formula is C16H13BrClN5. The van der Waals surface area contributed by atoms with Crippen molar-refractivity contribution in [3.05, 3.63) is 63.7 Å². The Labute approximate surface area is 147 Å². The molecule has 0 saturated heterocycles. The van der Waals surface area contributed by atoms with E-state index in [-0.39, 0.29) is 0 Å². The van der Waals surface area contributed by atoms with Crippen molar-refractivity contribution in [3.8, 4) is 0 Å². The Kier molecular flexibility index (Phi) is 4.73. The first-order valence-corrected chi connectivity index (χ1v) is 8.03. The first kappa shape index (κ1) is 15.7. The van der Waals surface area contributed by atoms with E-state index in [0.29, 0.717) is 16.8 Å². The fraction of sp³-hybridized carbons (Fsp3) is 0.0625. The van der Waals surface area contributed by atoms with E-state index in [1.54, 1.807) is 6.20 Å². The van der Waals surface area contributed by atoms with E-state index < -0.39 is 0 Å². The minimum Gasteiger partial charge on any atom is -0.339 e. The van der Waals surface area contributed by atoms with Gasteiger partial charge in [-0.1, -0.05) is 39.7 Å². The lowest BCUT2D eigenvalue weighted by molar-refractivity contribution is 0.982. The molecule has 0 unspecified atom stereocenters. The van der Waals surface area contributed by atoms with E-state index in [0.717, 1.165) is 21.4 Å². The molecule has 0 saturated carbocycles. The Morgan fingerprint density at radius 1 is 1.09 bits per heavy atom. The summed E-state index contributed by atoms with van der Waals surface area (Å²) in [5.74, 6) is 0.996. The van der Waals surface area contributed by atoms with E-state index in [1.165, 1.54) is 0 Å². The van der Waals surface area contributed by atoms with Crippen molar-refractivity contribution in [1.29, 1.82) is 0 Å². The number of hydrogen-bond acceptors (Lipinski definition) is 5. The summed E-state index contributed by atoms with van der Waals surface area (Å²) in [6.45, 7) is 1.99. The number of halogens is 2. The summed E-state index contributed by atoms with van der Waals surface area (Å²) in [6, 6.07) is 13.4. The maximum Gasteiger partial charge on any atom is 0.249 e. The molecule has 0 bridgehead atoms. The van der Waals surface area contributed by atoms with Gasteiger partial charge in [0.05, 0.1) is 6.20 Å². The zero-order valence-corrected chi connectivity index (χ0v) is 14.6. The predicted octanol–water partition coefficient (Wildman–Crippen LogP) is 5.08. The monoisotopic (exact) mass is 389 g/mol. The molecule has 7 heteroatoms. The van der Waals surface area contributed by atoms with Crippen LogP contribution in [0.2, 0.25) is 5.02 Å². The van der Waals surface area contributed by atoms with E-state index in [9.17, 15) is 0 Å². The Morgan fingerprint density at radius 3 is 2.78 bits per heavy atom. The molecule has 1 aromatic heterocycles. The van der Waals surface area contributed by atoms with Gasteiger partial charge in [0.1, 0.15) is 0 Å². The standard InChI is InChI=1S/C16H13BrClN5/c1-10-5-6-12(18)8-14(10)21-15-9-19-23-16(22-15)20-13-4-2-3-11(17)7-13/h2-9H,1H3,(H2,20,21,22,23). The highest BCUT2D eigenvalue weighted by molar-refractivity contribution is 9.10. The minimum absolute atomic E-state index is 0.410. The fourth-order valence-corrected chi connectivity index (χ4v) is 2.55. The third-order valence-electron chi connectivity index (χ3n) is 3.10. The van der Waals surface area contributed by atoms with Crippen LogP contribution in [0, 0.1) is 6.92 Å². The van der Waals surface area contributed by atoms with Crippen molar-refractivity contribution in [2.75, 3.05) is 10.6 Å². The average Bonchev–Trinajstić information content (AvgIpc) is 2.51. The Hall–Kier alpha value is -2.18. The molecule has 2 N–H and O–H groups in total. The molecule has 116 valence electrons. The lowest BCUT2D eigenvalue weighted by Gasteiger charge is -2.10. The number of rotatable bonds is 4. The van der Waals surface area contributed by atoms with Gasteiger partial charge in [-0.2, -0.15) is 10.1 Å². The van der Waals surface area contributed by atoms with Crippen LogP contribution in [0.4, 0.5) is 23.1 Å². The molecule has 3 rings (SSSR count). The molecule has 0 aliphatic carbocycles. The van der Waals surface area contributed by atoms with Gasteiger partial charge in [0.25, 0.3) is 0 Å². The second kappa shape index (κ2) is 6.93. The second-order valence-corrected chi connectivity index (χ2v) is 6.24. The van der Waals surface area contributed by atoms with E-state index in [4.69, 9.17) is 11.6 Å². The van der Waals surface area contributed by atoms with Crippen LogP contribution in [0.5, 0.6) is 0 Å². The smallest absolute Gasteiger partial charge is 0.249 e. The fourth-order valence-electron chi connectivity index (χ4n) is 1.98. The molecule has 0 atom stereocenters. The van der Waals surface area contributed by atoms with Crippen LogP contribution in [0.3, 0.4) is 0 Å². The lowest BCUT2D eigenvalue weighted by Crippen LogP contribution is -2.03. The average molecular weight is 391 g/mol. The summed E-state index contributed by atoms with van der Waals surface area (Å²) < 4.78 is 0.972. The van der Waals surface area contributed by atoms with Crippen molar-refractivity contribution in [1.82, 2.24) is 15.2 Å². The molecule has 23 heavy (non-hydrogen) atoms. The predicted molar refractivity (Wildman–Crippen MR) is 96.7 cm³/mol. The van der Waals surface area contributed by atoms with Crippen LogP contribution < -0.4 is 10.6 Å². The Morgan fingerprint density at radius 2 is 1.96 bits per heavy atom. The molecular weight excluding hydrogens is 378 g/mol. The first-order valence-electron chi connectivity index (χ1n) is 6.86. The maximum atomic E-state index is 6.03. The highest BCUT2D eigenvalue weighted by atomic mass is 79.9. The van der Waals surface area contributed by atoms with Gasteiger partial charge in [0, 0.05) is 20.9 Å². The van der Waals surface area contributed by atoms with Gasteiger partial charge in [-0.05, 0) is 42.8 Å². The van der Waals surface area contributed by atoms with Gasteiger partial charge in [-0.3, -0.25) is 0 Å². The van der Waals surface area contributed by atoms with Crippen molar-refractivity contribution < 1.29 is 0 Å². The molecule has 1 heterocycles. The van der Waals surface area contributed by atoms with Crippen LogP contribution in [0.1, 0.15) is 5.56 Å². The summed E-state index contributed by atoms with van der Waals surface area (Å²) in [4.78, 5) is 4.41. The van der Waals surface area contributed by atoms with Gasteiger partial charge >= 0.3 is 0 Å². The zero-order valence-electron chi connectivity index (χ0n) is 12.2. The van der Waals surface area contributed by atoms with Crippen molar-refractivity contribution in [3.63, 3.8) is 0 Å². The summed E-state index contributed by atoms with van der Waals surface area (Å²) in [5, 5.41) is 14.9. The van der Waals surface area contributed by atoms with Crippen LogP contribution in [0.25, 0.3) is 0 Å². The van der Waals surface area contributed by atoms with E-state index in [2.05, 4.69) is 41.7 Å². The van der Waals surface area contributed by atoms with Gasteiger partial charge < -0.3 is 10.6 Å². The zero-order chi connectivity index (χ0) is 16.2. The van der Waals surface area contributed by atoms with Crippen LogP contribution in [0.15, 0.2) is 53.1 Å². The molecule has 0 amide bonds. The van der Waals surface area contributed by atoms with Crippen molar-refractivity contribution in [2.45, 2.75) is 6.92 Å². The quantitative estimate of drug-likeness (QED) is 0.650. The van der Waals surface area contributed by atoms with E-state index in [1.807, 2.05) is 49.4 Å². The Balaban J connectivity index is 1.81. The van der Waals surface area contributed by atoms with Crippen LogP contribution in [-0.4, -0.2) is 15.2 Å². The molecule has 0 radical (unpaired) electrons. The lowest BCUT2D eigenvalue weighted by atomic mass is 10.2. The number of nitrogens with one attached hydrogen (secondary N) is 2. The summed E-state index contributed by atoms with van der Waals surface area (Å²) in [5.41, 5.74) is 2.82. The topological polar surface area (TPSA) is 62.7 Å². The van der Waals surface area contributed by atoms with Crippen LogP contribution >= 0.6 is 27.5 Å². The normalized spacial score (nSPS) is 10.4. The minimum atomic E-state index is 0.410. The number of benzene rings is 2. The first-order chi connectivity index (χ1) is 11.1. The number of aryl methyl sites for hydroxylation is 1. The van der Waals surface area contributed by atoms with Crippen molar-refractivity contribution in [2.24, 2.45) is 0 Å². The molecule has 2 aromatic carbocycles. The molecule has 3 aromatic rings. The third-order valence-corrected chi connectivity index (χ3v) is 3.83. The number of hydrogen-bond donors (Lipinski definition) is 2. The highest BCUT2D eigenvalue weighted by Gasteiger charge is 2.05. The number of nitrogens with zero attached hydrogens (tertiary/aromatic N) is 3. The largest absolute Gasteiger partial charge is 0.339 e. The second-order valence-electron chi connectivity index (χ2n) is 4.88. The number of aromatic nitrogens is 3. The molecule has 0 aliphatic rings. The third kappa shape index (κ3) is 4.18. The SMILES string of the molecule is Cc1ccc(Cl)cc1Nc1cnnc(Nc2cccc(Br)c2)n1. The van der Waals surface area contributed by atoms with Crippen LogP contribution in [-0.2, 0) is 0 Å². The summed E-state index contributed by atoms with van der Waals surface area (Å²) in [7, 11) is 0. The highest BCUT2D eigenvalue weighted by Crippen LogP contribution is 2.24. The van der Waals surface area contributed by atoms with Crippen molar-refractivity contribution >= 4 is 50.7 Å². The summed E-state index contributed by atoms with van der Waals surface area (Å²) in [6.07, 6.45) is 1.56. The number of anilines is 4. The Bertz CT molecular complexity index is 840.